The first-order valence-corrected chi connectivity index (χ1v) is 8.70. The monoisotopic (exact) mass is 314 g/mol. The molecule has 3 rings (SSSR count). The van der Waals surface area contributed by atoms with E-state index >= 15 is 0 Å². The van der Waals surface area contributed by atoms with Crippen LogP contribution in [0.2, 0.25) is 0 Å². The van der Waals surface area contributed by atoms with Gasteiger partial charge in [0.2, 0.25) is 10.0 Å². The van der Waals surface area contributed by atoms with Crippen molar-refractivity contribution in [1.82, 2.24) is 4.57 Å². The molecule has 0 atom stereocenters. The lowest BCUT2D eigenvalue weighted by Gasteiger charge is -2.10. The molecule has 0 saturated heterocycles. The van der Waals surface area contributed by atoms with Crippen LogP contribution in [0.1, 0.15) is 11.1 Å². The van der Waals surface area contributed by atoms with Crippen molar-refractivity contribution in [2.45, 2.75) is 12.7 Å². The van der Waals surface area contributed by atoms with Gasteiger partial charge in [-0.3, -0.25) is 4.72 Å². The van der Waals surface area contributed by atoms with E-state index in [-0.39, 0.29) is 5.75 Å². The summed E-state index contributed by atoms with van der Waals surface area (Å²) in [6.07, 6.45) is 1.95. The Bertz CT molecular complexity index is 927. The molecule has 0 aliphatic heterocycles. The van der Waals surface area contributed by atoms with Crippen molar-refractivity contribution < 1.29 is 8.42 Å². The van der Waals surface area contributed by atoms with Crippen LogP contribution in [0.4, 0.5) is 5.69 Å². The molecule has 1 N–H and O–H groups in total. The van der Waals surface area contributed by atoms with Crippen molar-refractivity contribution in [1.29, 1.82) is 0 Å². The molecule has 5 heteroatoms. The Balaban J connectivity index is 1.85. The van der Waals surface area contributed by atoms with E-state index in [4.69, 9.17) is 0 Å². The van der Waals surface area contributed by atoms with E-state index in [0.29, 0.717) is 5.69 Å². The summed E-state index contributed by atoms with van der Waals surface area (Å²) in [5.41, 5.74) is 3.45. The van der Waals surface area contributed by atoms with E-state index in [0.717, 1.165) is 22.0 Å². The fraction of sp³-hybridized carbons (Fsp3) is 0.176. The Kier molecular flexibility index (Phi) is 3.66. The van der Waals surface area contributed by atoms with Crippen LogP contribution >= 0.6 is 0 Å². The van der Waals surface area contributed by atoms with Crippen molar-refractivity contribution in [3.63, 3.8) is 0 Å². The topological polar surface area (TPSA) is 51.1 Å². The van der Waals surface area contributed by atoms with E-state index in [1.165, 1.54) is 0 Å². The summed E-state index contributed by atoms with van der Waals surface area (Å²) in [6, 6.07) is 15.0. The molecule has 4 nitrogen and oxygen atoms in total. The molecular weight excluding hydrogens is 296 g/mol. The third-order valence-electron chi connectivity index (χ3n) is 3.77. The Morgan fingerprint density at radius 2 is 1.86 bits per heavy atom. The standard InChI is InChI=1S/C17H18N2O2S/c1-13-5-3-4-6-15(13)12-22(20,21)18-16-7-8-17-14(11-16)9-10-19(17)2/h3-11,18H,12H2,1-2H3. The average Bonchev–Trinajstić information content (AvgIpc) is 2.82. The number of hydrogen-bond acceptors (Lipinski definition) is 2. The number of anilines is 1. The second-order valence-corrected chi connectivity index (χ2v) is 7.21. The molecule has 22 heavy (non-hydrogen) atoms. The number of sulfonamides is 1. The summed E-state index contributed by atoms with van der Waals surface area (Å²) >= 11 is 0. The molecule has 0 unspecified atom stereocenters. The summed E-state index contributed by atoms with van der Waals surface area (Å²) in [6.45, 7) is 1.92. The highest BCUT2D eigenvalue weighted by atomic mass is 32.2. The molecule has 1 heterocycles. The van der Waals surface area contributed by atoms with Gasteiger partial charge >= 0.3 is 0 Å². The van der Waals surface area contributed by atoms with E-state index in [2.05, 4.69) is 4.72 Å². The number of hydrogen-bond donors (Lipinski definition) is 1. The normalized spacial score (nSPS) is 11.7. The van der Waals surface area contributed by atoms with Gasteiger partial charge in [0.1, 0.15) is 0 Å². The van der Waals surface area contributed by atoms with Crippen LogP contribution in [0.25, 0.3) is 10.9 Å². The Morgan fingerprint density at radius 3 is 2.64 bits per heavy atom. The maximum absolute atomic E-state index is 12.3. The van der Waals surface area contributed by atoms with E-state index in [9.17, 15) is 8.42 Å². The smallest absolute Gasteiger partial charge is 0.236 e. The molecule has 1 aromatic heterocycles. The number of nitrogens with zero attached hydrogens (tertiary/aromatic N) is 1. The van der Waals surface area contributed by atoms with Crippen LogP contribution in [0.15, 0.2) is 54.7 Å². The molecule has 0 spiro atoms. The minimum Gasteiger partial charge on any atom is -0.351 e. The number of aryl methyl sites for hydroxylation is 2. The highest BCUT2D eigenvalue weighted by Gasteiger charge is 2.13. The van der Waals surface area contributed by atoms with Gasteiger partial charge in [0.15, 0.2) is 0 Å². The van der Waals surface area contributed by atoms with E-state index in [1.807, 2.05) is 67.2 Å². The number of benzene rings is 2. The second-order valence-electron chi connectivity index (χ2n) is 5.49. The minimum absolute atomic E-state index is 0.0213. The fourth-order valence-electron chi connectivity index (χ4n) is 2.54. The van der Waals surface area contributed by atoms with Crippen LogP contribution in [0, 0.1) is 6.92 Å². The largest absolute Gasteiger partial charge is 0.351 e. The van der Waals surface area contributed by atoms with Crippen LogP contribution < -0.4 is 4.72 Å². The van der Waals surface area contributed by atoms with Gasteiger partial charge in [0.25, 0.3) is 0 Å². The van der Waals surface area contributed by atoms with Gasteiger partial charge in [-0.05, 0) is 42.3 Å². The zero-order valence-corrected chi connectivity index (χ0v) is 13.4. The van der Waals surface area contributed by atoms with Crippen LogP contribution in [0.3, 0.4) is 0 Å². The first-order chi connectivity index (χ1) is 10.4. The molecule has 0 bridgehead atoms. The predicted octanol–water partition coefficient (Wildman–Crippen LogP) is 3.43. The van der Waals surface area contributed by atoms with Gasteiger partial charge in [0.05, 0.1) is 5.75 Å². The molecule has 2 aromatic carbocycles. The van der Waals surface area contributed by atoms with Crippen molar-refractivity contribution >= 4 is 26.6 Å². The molecule has 0 aliphatic rings. The lowest BCUT2D eigenvalue weighted by molar-refractivity contribution is 0.600. The summed E-state index contributed by atoms with van der Waals surface area (Å²) in [5.74, 6) is -0.0213. The summed E-state index contributed by atoms with van der Waals surface area (Å²) in [5, 5.41) is 1.01. The van der Waals surface area contributed by atoms with Gasteiger partial charge in [-0.1, -0.05) is 24.3 Å². The van der Waals surface area contributed by atoms with E-state index < -0.39 is 10.0 Å². The molecular formula is C17H18N2O2S. The number of rotatable bonds is 4. The SMILES string of the molecule is Cc1ccccc1CS(=O)(=O)Nc1ccc2c(ccn2C)c1. The maximum atomic E-state index is 12.3. The van der Waals surface area contributed by atoms with Gasteiger partial charge in [-0.2, -0.15) is 0 Å². The maximum Gasteiger partial charge on any atom is 0.236 e. The highest BCUT2D eigenvalue weighted by molar-refractivity contribution is 7.91. The molecule has 0 radical (unpaired) electrons. The zero-order valence-electron chi connectivity index (χ0n) is 12.6. The number of nitrogens with one attached hydrogen (secondary N) is 1. The third-order valence-corrected chi connectivity index (χ3v) is 5.00. The van der Waals surface area contributed by atoms with Crippen molar-refractivity contribution in [2.75, 3.05) is 4.72 Å². The van der Waals surface area contributed by atoms with Crippen molar-refractivity contribution in [3.8, 4) is 0 Å². The quantitative estimate of drug-likeness (QED) is 0.802. The van der Waals surface area contributed by atoms with Crippen LogP contribution in [0.5, 0.6) is 0 Å². The highest BCUT2D eigenvalue weighted by Crippen LogP contribution is 2.21. The molecule has 3 aromatic rings. The third kappa shape index (κ3) is 2.99. The number of fused-ring (bicyclic) bond motifs is 1. The Hall–Kier alpha value is -2.27. The van der Waals surface area contributed by atoms with Gasteiger partial charge < -0.3 is 4.57 Å². The molecule has 0 saturated carbocycles. The molecule has 114 valence electrons. The van der Waals surface area contributed by atoms with Gasteiger partial charge in [0, 0.05) is 29.8 Å². The number of aromatic nitrogens is 1. The zero-order chi connectivity index (χ0) is 15.7. The van der Waals surface area contributed by atoms with Crippen molar-refractivity contribution in [2.24, 2.45) is 7.05 Å². The minimum atomic E-state index is -3.43. The Labute approximate surface area is 130 Å². The molecule has 0 aliphatic carbocycles. The van der Waals surface area contributed by atoms with Crippen LogP contribution in [-0.4, -0.2) is 13.0 Å². The fourth-order valence-corrected chi connectivity index (χ4v) is 3.83. The average molecular weight is 314 g/mol. The first kappa shape index (κ1) is 14.7. The predicted molar refractivity (Wildman–Crippen MR) is 90.3 cm³/mol. The molecule has 0 amide bonds. The Morgan fingerprint density at radius 1 is 1.09 bits per heavy atom. The van der Waals surface area contributed by atoms with Gasteiger partial charge in [-0.25, -0.2) is 8.42 Å². The van der Waals surface area contributed by atoms with Crippen molar-refractivity contribution in [3.05, 3.63) is 65.9 Å². The summed E-state index contributed by atoms with van der Waals surface area (Å²) in [4.78, 5) is 0. The van der Waals surface area contributed by atoms with Crippen LogP contribution in [-0.2, 0) is 22.8 Å². The van der Waals surface area contributed by atoms with Gasteiger partial charge in [-0.15, -0.1) is 0 Å². The second kappa shape index (κ2) is 5.50. The first-order valence-electron chi connectivity index (χ1n) is 7.05. The molecule has 0 fully saturated rings. The summed E-state index contributed by atoms with van der Waals surface area (Å²) in [7, 11) is -1.47. The summed E-state index contributed by atoms with van der Waals surface area (Å²) < 4.78 is 29.4. The lowest BCUT2D eigenvalue weighted by Crippen LogP contribution is -2.15. The lowest BCUT2D eigenvalue weighted by atomic mass is 10.1. The van der Waals surface area contributed by atoms with E-state index in [1.54, 1.807) is 6.07 Å².